The first-order valence-corrected chi connectivity index (χ1v) is 3.27. The van der Waals surface area contributed by atoms with E-state index in [0.717, 1.165) is 0 Å². The highest BCUT2D eigenvalue weighted by atomic mass is 32.1. The van der Waals surface area contributed by atoms with Gasteiger partial charge in [0.15, 0.2) is 0 Å². The smallest absolute Gasteiger partial charge is 0.313 e. The topological polar surface area (TPSA) is 74.6 Å². The zero-order chi connectivity index (χ0) is 8.57. The van der Waals surface area contributed by atoms with E-state index in [1.807, 2.05) is 0 Å². The summed E-state index contributed by atoms with van der Waals surface area (Å²) in [4.78, 5) is 18.7. The number of thiol groups is 2. The summed E-state index contributed by atoms with van der Waals surface area (Å²) >= 11 is 6.62. The molecule has 0 aliphatic heterocycles. The van der Waals surface area contributed by atoms with Crippen LogP contribution in [0.2, 0.25) is 0 Å². The summed E-state index contributed by atoms with van der Waals surface area (Å²) in [6.45, 7) is -0.469. The molecular formula is C4H8O4S2. The van der Waals surface area contributed by atoms with Gasteiger partial charge in [-0.05, 0) is 0 Å². The number of carboxylic acid groups (broad SMARTS) is 1. The number of aliphatic hydroxyl groups is 1. The Hall–Kier alpha value is -0.200. The molecule has 0 saturated heterocycles. The summed E-state index contributed by atoms with van der Waals surface area (Å²) in [5.74, 6) is -0.965. The van der Waals surface area contributed by atoms with Gasteiger partial charge in [-0.15, -0.1) is 12.6 Å². The lowest BCUT2D eigenvalue weighted by atomic mass is 10.8. The Kier molecular flexibility index (Phi) is 11.0. The zero-order valence-corrected chi connectivity index (χ0v) is 6.81. The van der Waals surface area contributed by atoms with Crippen LogP contribution < -0.4 is 0 Å². The van der Waals surface area contributed by atoms with Gasteiger partial charge in [0.05, 0.1) is 5.75 Å². The molecule has 0 rings (SSSR count). The number of hydrogen-bond acceptors (Lipinski definition) is 4. The first kappa shape index (κ1) is 12.5. The fraction of sp³-hybridized carbons (Fsp3) is 0.500. The van der Waals surface area contributed by atoms with Crippen LogP contribution in [0, 0.1) is 0 Å². The molecule has 0 aliphatic carbocycles. The maximum absolute atomic E-state index is 9.43. The Morgan fingerprint density at radius 2 is 1.60 bits per heavy atom. The molecule has 0 spiro atoms. The molecule has 4 nitrogen and oxygen atoms in total. The monoisotopic (exact) mass is 184 g/mol. The van der Waals surface area contributed by atoms with E-state index in [1.165, 1.54) is 0 Å². The first-order chi connectivity index (χ1) is 4.54. The van der Waals surface area contributed by atoms with Crippen LogP contribution in [-0.4, -0.2) is 33.7 Å². The van der Waals surface area contributed by atoms with Crippen LogP contribution in [0.1, 0.15) is 0 Å². The van der Waals surface area contributed by atoms with E-state index in [2.05, 4.69) is 25.3 Å². The van der Waals surface area contributed by atoms with Gasteiger partial charge >= 0.3 is 5.97 Å². The summed E-state index contributed by atoms with van der Waals surface area (Å²) in [5.41, 5.74) is 0. The highest BCUT2D eigenvalue weighted by Crippen LogP contribution is 1.69. The van der Waals surface area contributed by atoms with Crippen LogP contribution in [0.5, 0.6) is 0 Å². The summed E-state index contributed by atoms with van der Waals surface area (Å²) in [7, 11) is 0. The zero-order valence-electron chi connectivity index (χ0n) is 5.02. The SMILES string of the molecule is O=C(O)CS.O=C(S)CO. The number of carbonyl (C=O) groups is 2. The van der Waals surface area contributed by atoms with E-state index in [-0.39, 0.29) is 5.75 Å². The molecule has 0 aromatic carbocycles. The van der Waals surface area contributed by atoms with Crippen molar-refractivity contribution in [1.82, 2.24) is 0 Å². The lowest BCUT2D eigenvalue weighted by Crippen LogP contribution is -1.92. The maximum atomic E-state index is 9.43. The molecular weight excluding hydrogens is 176 g/mol. The van der Waals surface area contributed by atoms with Gasteiger partial charge in [0.25, 0.3) is 0 Å². The van der Waals surface area contributed by atoms with Crippen LogP contribution in [-0.2, 0) is 9.59 Å². The molecule has 0 aromatic rings. The second-order valence-electron chi connectivity index (χ2n) is 1.10. The minimum absolute atomic E-state index is 0.0833. The Balaban J connectivity index is 0. The summed E-state index contributed by atoms with van der Waals surface area (Å²) in [6, 6.07) is 0. The van der Waals surface area contributed by atoms with Crippen LogP contribution in [0.25, 0.3) is 0 Å². The predicted octanol–water partition coefficient (Wildman–Crippen LogP) is -0.564. The number of aliphatic carboxylic acids is 1. The molecule has 60 valence electrons. The van der Waals surface area contributed by atoms with Crippen molar-refractivity contribution in [3.63, 3.8) is 0 Å². The van der Waals surface area contributed by atoms with Crippen molar-refractivity contribution >= 4 is 36.3 Å². The average Bonchev–Trinajstić information content (AvgIpc) is 1.89. The van der Waals surface area contributed by atoms with Crippen LogP contribution >= 0.6 is 25.3 Å². The Morgan fingerprint density at radius 1 is 1.40 bits per heavy atom. The average molecular weight is 184 g/mol. The van der Waals surface area contributed by atoms with Gasteiger partial charge in [-0.25, -0.2) is 0 Å². The third-order valence-electron chi connectivity index (χ3n) is 0.271. The van der Waals surface area contributed by atoms with E-state index in [4.69, 9.17) is 10.2 Å². The lowest BCUT2D eigenvalue weighted by molar-refractivity contribution is -0.133. The van der Waals surface area contributed by atoms with E-state index >= 15 is 0 Å². The molecule has 0 aromatic heterocycles. The molecule has 2 N–H and O–H groups in total. The molecule has 0 fully saturated rings. The van der Waals surface area contributed by atoms with Gasteiger partial charge in [0.2, 0.25) is 5.12 Å². The number of carbonyl (C=O) groups excluding carboxylic acids is 1. The first-order valence-electron chi connectivity index (χ1n) is 2.20. The highest BCUT2D eigenvalue weighted by molar-refractivity contribution is 7.96. The summed E-state index contributed by atoms with van der Waals surface area (Å²) < 4.78 is 0. The molecule has 0 atom stereocenters. The predicted molar refractivity (Wildman–Crippen MR) is 42.6 cm³/mol. The number of carboxylic acids is 1. The summed E-state index contributed by atoms with van der Waals surface area (Å²) in [5, 5.41) is 14.9. The van der Waals surface area contributed by atoms with Crippen molar-refractivity contribution in [2.75, 3.05) is 12.4 Å². The van der Waals surface area contributed by atoms with E-state index in [9.17, 15) is 9.59 Å². The molecule has 0 amide bonds. The standard InChI is InChI=1S/2C2H4O2S/c3-2(4)1-5;3-1-2(4)5/h5H,1H2,(H,3,4);3H,1H2,(H,4,5). The Labute approximate surface area is 69.1 Å². The molecule has 0 heterocycles. The fourth-order valence-electron chi connectivity index (χ4n) is 0. The van der Waals surface area contributed by atoms with Gasteiger partial charge in [0.1, 0.15) is 6.61 Å². The normalized spacial score (nSPS) is 7.50. The van der Waals surface area contributed by atoms with Gasteiger partial charge in [-0.1, -0.05) is 0 Å². The molecule has 6 heteroatoms. The van der Waals surface area contributed by atoms with Gasteiger partial charge in [0, 0.05) is 0 Å². The number of hydrogen-bond donors (Lipinski definition) is 4. The minimum atomic E-state index is -0.881. The fourth-order valence-corrected chi connectivity index (χ4v) is 0. The minimum Gasteiger partial charge on any atom is -0.481 e. The van der Waals surface area contributed by atoms with Crippen LogP contribution in [0.3, 0.4) is 0 Å². The maximum Gasteiger partial charge on any atom is 0.313 e. The van der Waals surface area contributed by atoms with Crippen molar-refractivity contribution in [2.24, 2.45) is 0 Å². The molecule has 10 heavy (non-hydrogen) atoms. The van der Waals surface area contributed by atoms with Crippen molar-refractivity contribution in [1.29, 1.82) is 0 Å². The largest absolute Gasteiger partial charge is 0.481 e. The lowest BCUT2D eigenvalue weighted by Gasteiger charge is -1.71. The van der Waals surface area contributed by atoms with Crippen molar-refractivity contribution in [2.45, 2.75) is 0 Å². The van der Waals surface area contributed by atoms with E-state index in [0.29, 0.717) is 0 Å². The van der Waals surface area contributed by atoms with E-state index in [1.54, 1.807) is 0 Å². The number of aliphatic hydroxyl groups excluding tert-OH is 1. The molecule has 0 bridgehead atoms. The van der Waals surface area contributed by atoms with Crippen LogP contribution in [0.4, 0.5) is 0 Å². The van der Waals surface area contributed by atoms with Gasteiger partial charge in [-0.3, -0.25) is 9.59 Å². The summed E-state index contributed by atoms with van der Waals surface area (Å²) in [6.07, 6.45) is 0. The highest BCUT2D eigenvalue weighted by Gasteiger charge is 1.81. The second kappa shape index (κ2) is 8.80. The van der Waals surface area contributed by atoms with Crippen molar-refractivity contribution < 1.29 is 19.8 Å². The van der Waals surface area contributed by atoms with Gasteiger partial charge < -0.3 is 10.2 Å². The van der Waals surface area contributed by atoms with Crippen LogP contribution in [0.15, 0.2) is 0 Å². The molecule has 0 unspecified atom stereocenters. The quantitative estimate of drug-likeness (QED) is 0.434. The van der Waals surface area contributed by atoms with Gasteiger partial charge in [-0.2, -0.15) is 12.6 Å². The Morgan fingerprint density at radius 3 is 1.60 bits per heavy atom. The third-order valence-corrected chi connectivity index (χ3v) is 0.682. The van der Waals surface area contributed by atoms with Crippen molar-refractivity contribution in [3.8, 4) is 0 Å². The number of rotatable bonds is 2. The second-order valence-corrected chi connectivity index (χ2v) is 1.92. The Bertz CT molecular complexity index is 99.8. The van der Waals surface area contributed by atoms with Crippen molar-refractivity contribution in [3.05, 3.63) is 0 Å². The molecule has 0 radical (unpaired) electrons. The van der Waals surface area contributed by atoms with E-state index < -0.39 is 17.7 Å². The molecule has 0 saturated carbocycles. The third kappa shape index (κ3) is 25.0. The molecule has 0 aliphatic rings.